The van der Waals surface area contributed by atoms with E-state index < -0.39 is 29.6 Å². The van der Waals surface area contributed by atoms with E-state index >= 15 is 0 Å². The van der Waals surface area contributed by atoms with Crippen LogP contribution in [0.4, 0.5) is 19.0 Å². The smallest absolute Gasteiger partial charge is 0.369 e. The third-order valence-electron chi connectivity index (χ3n) is 5.67. The Morgan fingerprint density at radius 3 is 2.33 bits per heavy atom. The third-order valence-corrected chi connectivity index (χ3v) is 5.67. The number of hydrogen-bond acceptors (Lipinski definition) is 5. The van der Waals surface area contributed by atoms with Gasteiger partial charge < -0.3 is 16.0 Å². The second kappa shape index (κ2) is 8.53. The van der Waals surface area contributed by atoms with E-state index in [1.807, 2.05) is 0 Å². The summed E-state index contributed by atoms with van der Waals surface area (Å²) >= 11 is 0. The third kappa shape index (κ3) is 4.36. The molecule has 3 aromatic rings. The van der Waals surface area contributed by atoms with Crippen molar-refractivity contribution in [1.82, 2.24) is 15.1 Å². The lowest BCUT2D eigenvalue weighted by molar-refractivity contribution is -0.137. The van der Waals surface area contributed by atoms with Gasteiger partial charge in [-0.1, -0.05) is 43.0 Å². The number of fused-ring (bicyclic) bond motifs is 1. The number of anilines is 1. The number of hydrogen-bond donors (Lipinski definition) is 2. The van der Waals surface area contributed by atoms with Gasteiger partial charge in [0.25, 0.3) is 0 Å². The maximum atomic E-state index is 12.9. The molecular weight excluding hydrogens is 435 g/mol. The van der Waals surface area contributed by atoms with Crippen molar-refractivity contribution in [3.05, 3.63) is 66.7 Å². The average Bonchev–Trinajstić information content (AvgIpc) is 3.22. The van der Waals surface area contributed by atoms with Crippen LogP contribution >= 0.6 is 0 Å². The molecule has 33 heavy (non-hydrogen) atoms. The molecule has 2 amide bonds. The van der Waals surface area contributed by atoms with E-state index in [0.717, 1.165) is 12.1 Å². The number of nitrogens with zero attached hydrogens (tertiary/aromatic N) is 3. The summed E-state index contributed by atoms with van der Waals surface area (Å²) in [5, 5.41) is 13.0. The standard InChI is InChI=1S/C23H20F3N5O2/c1-2-19(32)31-11-17(21(27)33)18(12-31)28-22-16-6-4-3-5-15(16)20(29-30-22)13-7-9-14(10-8-13)23(24,25)26/h2-10,17-18H,1,11-12H2,(H2,27,33)(H,28,30). The van der Waals surface area contributed by atoms with Gasteiger partial charge >= 0.3 is 6.18 Å². The zero-order chi connectivity index (χ0) is 23.8. The predicted octanol–water partition coefficient (Wildman–Crippen LogP) is 3.23. The summed E-state index contributed by atoms with van der Waals surface area (Å²) in [4.78, 5) is 25.4. The Hall–Kier alpha value is -3.95. The minimum Gasteiger partial charge on any atom is -0.369 e. The lowest BCUT2D eigenvalue weighted by Crippen LogP contribution is -2.37. The number of rotatable bonds is 5. The van der Waals surface area contributed by atoms with Crippen LogP contribution in [0.5, 0.6) is 0 Å². The molecule has 4 rings (SSSR count). The number of likely N-dealkylation sites (tertiary alicyclic amines) is 1. The van der Waals surface area contributed by atoms with Gasteiger partial charge in [-0.15, -0.1) is 10.2 Å². The van der Waals surface area contributed by atoms with Gasteiger partial charge in [-0.2, -0.15) is 13.2 Å². The summed E-state index contributed by atoms with van der Waals surface area (Å²) in [5.74, 6) is -1.11. The Morgan fingerprint density at radius 1 is 1.06 bits per heavy atom. The Labute approximate surface area is 187 Å². The zero-order valence-electron chi connectivity index (χ0n) is 17.3. The normalized spacial score (nSPS) is 18.3. The van der Waals surface area contributed by atoms with Crippen molar-refractivity contribution in [2.45, 2.75) is 12.2 Å². The maximum absolute atomic E-state index is 12.9. The molecule has 2 aromatic carbocycles. The Balaban J connectivity index is 1.69. The van der Waals surface area contributed by atoms with Gasteiger partial charge in [-0.25, -0.2) is 0 Å². The van der Waals surface area contributed by atoms with Crippen LogP contribution in [0.15, 0.2) is 61.2 Å². The fourth-order valence-electron chi connectivity index (χ4n) is 3.96. The number of carbonyl (C=O) groups is 2. The molecule has 2 heterocycles. The second-order valence-electron chi connectivity index (χ2n) is 7.72. The first-order valence-corrected chi connectivity index (χ1v) is 10.1. The quantitative estimate of drug-likeness (QED) is 0.576. The van der Waals surface area contributed by atoms with Crippen molar-refractivity contribution in [1.29, 1.82) is 0 Å². The van der Waals surface area contributed by atoms with Gasteiger partial charge in [0.1, 0.15) is 5.69 Å². The topological polar surface area (TPSA) is 101 Å². The molecule has 3 N–H and O–H groups in total. The van der Waals surface area contributed by atoms with Crippen LogP contribution in [0.3, 0.4) is 0 Å². The number of carbonyl (C=O) groups excluding carboxylic acids is 2. The van der Waals surface area contributed by atoms with E-state index in [1.165, 1.54) is 23.1 Å². The van der Waals surface area contributed by atoms with Crippen molar-refractivity contribution >= 4 is 28.4 Å². The van der Waals surface area contributed by atoms with Crippen molar-refractivity contribution in [3.8, 4) is 11.3 Å². The highest BCUT2D eigenvalue weighted by atomic mass is 19.4. The number of primary amides is 1. The predicted molar refractivity (Wildman–Crippen MR) is 117 cm³/mol. The summed E-state index contributed by atoms with van der Waals surface area (Å²) < 4.78 is 38.7. The molecule has 2 atom stereocenters. The minimum atomic E-state index is -4.43. The highest BCUT2D eigenvalue weighted by Crippen LogP contribution is 2.34. The molecule has 0 aliphatic carbocycles. The van der Waals surface area contributed by atoms with Crippen molar-refractivity contribution < 1.29 is 22.8 Å². The summed E-state index contributed by atoms with van der Waals surface area (Å²) in [6.07, 6.45) is -3.26. The molecule has 0 spiro atoms. The van der Waals surface area contributed by atoms with Gasteiger partial charge in [0, 0.05) is 29.4 Å². The van der Waals surface area contributed by atoms with Crippen molar-refractivity contribution in [2.24, 2.45) is 11.7 Å². The molecule has 1 aromatic heterocycles. The van der Waals surface area contributed by atoms with Crippen molar-refractivity contribution in [2.75, 3.05) is 18.4 Å². The molecule has 0 radical (unpaired) electrons. The molecule has 0 bridgehead atoms. The van der Waals surface area contributed by atoms with Gasteiger partial charge in [-0.3, -0.25) is 9.59 Å². The lowest BCUT2D eigenvalue weighted by Gasteiger charge is -2.19. The molecule has 170 valence electrons. The molecular formula is C23H20F3N5O2. The molecule has 0 saturated carbocycles. The summed E-state index contributed by atoms with van der Waals surface area (Å²) in [6, 6.07) is 11.4. The molecule has 7 nitrogen and oxygen atoms in total. The Kier molecular flexibility index (Phi) is 5.75. The average molecular weight is 455 g/mol. The number of amides is 2. The number of halogens is 3. The van der Waals surface area contributed by atoms with E-state index in [2.05, 4.69) is 22.1 Å². The first-order chi connectivity index (χ1) is 15.7. The van der Waals surface area contributed by atoms with E-state index in [0.29, 0.717) is 27.8 Å². The highest BCUT2D eigenvalue weighted by Gasteiger charge is 2.38. The van der Waals surface area contributed by atoms with Crippen LogP contribution in [0.1, 0.15) is 5.56 Å². The van der Waals surface area contributed by atoms with Gasteiger partial charge in [0.15, 0.2) is 5.82 Å². The first-order valence-electron chi connectivity index (χ1n) is 10.1. The fraction of sp³-hybridized carbons (Fsp3) is 0.217. The second-order valence-corrected chi connectivity index (χ2v) is 7.72. The van der Waals surface area contributed by atoms with Gasteiger partial charge in [0.2, 0.25) is 11.8 Å². The Bertz CT molecular complexity index is 1230. The summed E-state index contributed by atoms with van der Waals surface area (Å²) in [7, 11) is 0. The van der Waals surface area contributed by atoms with Crippen LogP contribution in [0, 0.1) is 5.92 Å². The minimum absolute atomic E-state index is 0.160. The van der Waals surface area contributed by atoms with E-state index in [-0.39, 0.29) is 19.0 Å². The van der Waals surface area contributed by atoms with Crippen LogP contribution in [-0.4, -0.2) is 46.0 Å². The molecule has 1 aliphatic rings. The lowest BCUT2D eigenvalue weighted by atomic mass is 10.0. The molecule has 1 aliphatic heterocycles. The molecule has 10 heteroatoms. The molecule has 2 unspecified atom stereocenters. The number of aromatic nitrogens is 2. The summed E-state index contributed by atoms with van der Waals surface area (Å²) in [5.41, 5.74) is 5.70. The number of nitrogens with one attached hydrogen (secondary N) is 1. The first kappa shape index (κ1) is 22.3. The van der Waals surface area contributed by atoms with Crippen LogP contribution in [0.2, 0.25) is 0 Å². The highest BCUT2D eigenvalue weighted by molar-refractivity contribution is 6.00. The van der Waals surface area contributed by atoms with Crippen LogP contribution in [0.25, 0.3) is 22.0 Å². The molecule has 1 saturated heterocycles. The van der Waals surface area contributed by atoms with Crippen molar-refractivity contribution in [3.63, 3.8) is 0 Å². The largest absolute Gasteiger partial charge is 0.416 e. The van der Waals surface area contributed by atoms with E-state index in [1.54, 1.807) is 24.3 Å². The number of benzene rings is 2. The van der Waals surface area contributed by atoms with E-state index in [9.17, 15) is 22.8 Å². The van der Waals surface area contributed by atoms with Gasteiger partial charge in [-0.05, 0) is 18.2 Å². The molecule has 1 fully saturated rings. The monoisotopic (exact) mass is 455 g/mol. The number of nitrogens with two attached hydrogens (primary N) is 1. The maximum Gasteiger partial charge on any atom is 0.416 e. The van der Waals surface area contributed by atoms with Crippen LogP contribution in [-0.2, 0) is 15.8 Å². The summed E-state index contributed by atoms with van der Waals surface area (Å²) in [6.45, 7) is 3.86. The van der Waals surface area contributed by atoms with Gasteiger partial charge in [0.05, 0.1) is 17.5 Å². The SMILES string of the molecule is C=CC(=O)N1CC(Nc2nnc(-c3ccc(C(F)(F)F)cc3)c3ccccc23)C(C(N)=O)C1. The fourth-order valence-corrected chi connectivity index (χ4v) is 3.96. The zero-order valence-corrected chi connectivity index (χ0v) is 17.3. The number of alkyl halides is 3. The van der Waals surface area contributed by atoms with E-state index in [4.69, 9.17) is 5.73 Å². The van der Waals surface area contributed by atoms with Crippen LogP contribution < -0.4 is 11.1 Å². The Morgan fingerprint density at radius 2 is 1.73 bits per heavy atom.